The van der Waals surface area contributed by atoms with E-state index in [1.807, 2.05) is 11.2 Å². The normalized spacial score (nSPS) is 9.92. The Morgan fingerprint density at radius 1 is 1.50 bits per heavy atom. The zero-order valence-corrected chi connectivity index (χ0v) is 9.25. The van der Waals surface area contributed by atoms with Crippen molar-refractivity contribution in [2.45, 2.75) is 13.3 Å². The molecule has 0 aromatic carbocycles. The number of halogens is 1. The van der Waals surface area contributed by atoms with Crippen LogP contribution in [-0.2, 0) is 4.79 Å². The molecular weight excluding hydrogens is 194 g/mol. The summed E-state index contributed by atoms with van der Waals surface area (Å²) in [5, 5.41) is 0. The van der Waals surface area contributed by atoms with Gasteiger partial charge in [-0.15, -0.1) is 11.6 Å². The van der Waals surface area contributed by atoms with Crippen LogP contribution in [0.1, 0.15) is 13.3 Å². The summed E-state index contributed by atoms with van der Waals surface area (Å²) in [5.74, 6) is 1.29. The van der Waals surface area contributed by atoms with Crippen LogP contribution in [0.2, 0.25) is 0 Å². The van der Waals surface area contributed by atoms with E-state index >= 15 is 0 Å². The summed E-state index contributed by atoms with van der Waals surface area (Å²) >= 11 is 7.13. The minimum absolute atomic E-state index is 0.199. The Hall–Kier alpha value is 0.110. The maximum absolute atomic E-state index is 11.4. The van der Waals surface area contributed by atoms with E-state index in [1.165, 1.54) is 0 Å². The number of carbonyl (C=O) groups is 1. The van der Waals surface area contributed by atoms with Crippen LogP contribution >= 0.6 is 23.4 Å². The second kappa shape index (κ2) is 7.74. The minimum Gasteiger partial charge on any atom is -0.341 e. The fourth-order valence-corrected chi connectivity index (χ4v) is 1.58. The van der Waals surface area contributed by atoms with E-state index in [2.05, 4.69) is 6.92 Å². The molecule has 1 amide bonds. The van der Waals surface area contributed by atoms with Gasteiger partial charge in [-0.05, 0) is 12.7 Å². The number of hydrogen-bond acceptors (Lipinski definition) is 2. The van der Waals surface area contributed by atoms with Crippen LogP contribution in [0.5, 0.6) is 0 Å². The molecule has 0 saturated heterocycles. The van der Waals surface area contributed by atoms with Crippen LogP contribution in [0.3, 0.4) is 0 Å². The van der Waals surface area contributed by atoms with Gasteiger partial charge in [0.2, 0.25) is 5.91 Å². The van der Waals surface area contributed by atoms with Gasteiger partial charge in [0.25, 0.3) is 0 Å². The first kappa shape index (κ1) is 12.1. The van der Waals surface area contributed by atoms with Gasteiger partial charge in [0.05, 0.1) is 5.75 Å². The van der Waals surface area contributed by atoms with E-state index in [9.17, 15) is 4.79 Å². The fourth-order valence-electron chi connectivity index (χ4n) is 0.948. The van der Waals surface area contributed by atoms with Crippen LogP contribution in [0, 0.1) is 0 Å². The molecule has 0 aromatic heterocycles. The van der Waals surface area contributed by atoms with Crippen molar-refractivity contribution >= 4 is 29.3 Å². The summed E-state index contributed by atoms with van der Waals surface area (Å²) < 4.78 is 0. The zero-order chi connectivity index (χ0) is 9.40. The van der Waals surface area contributed by atoms with Crippen molar-refractivity contribution in [1.29, 1.82) is 0 Å². The van der Waals surface area contributed by atoms with Crippen molar-refractivity contribution < 1.29 is 4.79 Å². The van der Waals surface area contributed by atoms with E-state index in [0.717, 1.165) is 13.0 Å². The monoisotopic (exact) mass is 209 g/mol. The lowest BCUT2D eigenvalue weighted by molar-refractivity contribution is -0.128. The number of nitrogens with zero attached hydrogens (tertiary/aromatic N) is 1. The molecule has 0 bridgehead atoms. The van der Waals surface area contributed by atoms with Crippen LogP contribution in [-0.4, -0.2) is 41.8 Å². The summed E-state index contributed by atoms with van der Waals surface area (Å²) in [5.41, 5.74) is 0. The first-order chi connectivity index (χ1) is 5.76. The van der Waals surface area contributed by atoms with Gasteiger partial charge in [-0.1, -0.05) is 6.92 Å². The molecule has 4 heteroatoms. The molecule has 0 fully saturated rings. The van der Waals surface area contributed by atoms with Gasteiger partial charge in [-0.25, -0.2) is 0 Å². The molecule has 0 saturated carbocycles. The minimum atomic E-state index is 0.199. The van der Waals surface area contributed by atoms with E-state index in [1.54, 1.807) is 11.8 Å². The molecule has 12 heavy (non-hydrogen) atoms. The van der Waals surface area contributed by atoms with Crippen molar-refractivity contribution in [3.8, 4) is 0 Å². The molecule has 0 aromatic rings. The largest absolute Gasteiger partial charge is 0.341 e. The van der Waals surface area contributed by atoms with Gasteiger partial charge in [0.1, 0.15) is 0 Å². The molecule has 0 N–H and O–H groups in total. The SMILES string of the molecule is CCCN(CCCl)C(=O)CSC. The van der Waals surface area contributed by atoms with Gasteiger partial charge in [0, 0.05) is 19.0 Å². The molecule has 72 valence electrons. The Labute approximate surface area is 83.6 Å². The van der Waals surface area contributed by atoms with E-state index in [0.29, 0.717) is 18.2 Å². The van der Waals surface area contributed by atoms with Gasteiger partial charge in [0.15, 0.2) is 0 Å². The average molecular weight is 210 g/mol. The molecule has 0 aliphatic heterocycles. The lowest BCUT2D eigenvalue weighted by Crippen LogP contribution is -2.34. The third-order valence-electron chi connectivity index (χ3n) is 1.47. The Morgan fingerprint density at radius 2 is 2.17 bits per heavy atom. The van der Waals surface area contributed by atoms with Gasteiger partial charge >= 0.3 is 0 Å². The standard InChI is InChI=1S/C8H16ClNOS/c1-3-5-10(6-4-9)8(11)7-12-2/h3-7H2,1-2H3. The Balaban J connectivity index is 3.81. The topological polar surface area (TPSA) is 20.3 Å². The van der Waals surface area contributed by atoms with Gasteiger partial charge in [-0.3, -0.25) is 4.79 Å². The van der Waals surface area contributed by atoms with Crippen molar-refractivity contribution in [1.82, 2.24) is 4.90 Å². The Bertz CT molecular complexity index is 126. The Kier molecular flexibility index (Phi) is 7.81. The van der Waals surface area contributed by atoms with Gasteiger partial charge < -0.3 is 4.90 Å². The highest BCUT2D eigenvalue weighted by molar-refractivity contribution is 7.99. The predicted octanol–water partition coefficient (Wildman–Crippen LogP) is 1.83. The van der Waals surface area contributed by atoms with Crippen molar-refractivity contribution in [3.05, 3.63) is 0 Å². The molecule has 0 rings (SSSR count). The number of rotatable bonds is 6. The number of amides is 1. The third-order valence-corrected chi connectivity index (χ3v) is 2.17. The molecule has 0 unspecified atom stereocenters. The highest BCUT2D eigenvalue weighted by atomic mass is 35.5. The summed E-state index contributed by atoms with van der Waals surface area (Å²) in [7, 11) is 0. The van der Waals surface area contributed by atoms with E-state index in [-0.39, 0.29) is 5.91 Å². The first-order valence-electron chi connectivity index (χ1n) is 4.09. The maximum atomic E-state index is 11.4. The highest BCUT2D eigenvalue weighted by Crippen LogP contribution is 1.99. The summed E-state index contributed by atoms with van der Waals surface area (Å²) in [6.07, 6.45) is 2.93. The average Bonchev–Trinajstić information content (AvgIpc) is 2.04. The van der Waals surface area contributed by atoms with Crippen molar-refractivity contribution in [2.75, 3.05) is 31.0 Å². The highest BCUT2D eigenvalue weighted by Gasteiger charge is 2.09. The van der Waals surface area contributed by atoms with E-state index < -0.39 is 0 Å². The molecular formula is C8H16ClNOS. The summed E-state index contributed by atoms with van der Waals surface area (Å²) in [4.78, 5) is 13.2. The first-order valence-corrected chi connectivity index (χ1v) is 6.01. The third kappa shape index (κ3) is 4.88. The molecule has 0 radical (unpaired) electrons. The number of alkyl halides is 1. The van der Waals surface area contributed by atoms with Crippen LogP contribution in [0.4, 0.5) is 0 Å². The second-order valence-electron chi connectivity index (χ2n) is 2.50. The zero-order valence-electron chi connectivity index (χ0n) is 7.68. The Morgan fingerprint density at radius 3 is 2.58 bits per heavy atom. The number of thioether (sulfide) groups is 1. The molecule has 0 spiro atoms. The lowest BCUT2D eigenvalue weighted by Gasteiger charge is -2.20. The summed E-state index contributed by atoms with van der Waals surface area (Å²) in [6, 6.07) is 0. The maximum Gasteiger partial charge on any atom is 0.232 e. The second-order valence-corrected chi connectivity index (χ2v) is 3.75. The number of hydrogen-bond donors (Lipinski definition) is 0. The predicted molar refractivity (Wildman–Crippen MR) is 56.0 cm³/mol. The molecule has 2 nitrogen and oxygen atoms in total. The molecule has 0 aliphatic rings. The van der Waals surface area contributed by atoms with Crippen LogP contribution in [0.15, 0.2) is 0 Å². The molecule has 0 atom stereocenters. The molecule has 0 heterocycles. The van der Waals surface area contributed by atoms with Crippen LogP contribution < -0.4 is 0 Å². The van der Waals surface area contributed by atoms with Crippen LogP contribution in [0.25, 0.3) is 0 Å². The smallest absolute Gasteiger partial charge is 0.232 e. The fraction of sp³-hybridized carbons (Fsp3) is 0.875. The molecule has 0 aliphatic carbocycles. The quantitative estimate of drug-likeness (QED) is 0.623. The lowest BCUT2D eigenvalue weighted by atomic mass is 10.4. The van der Waals surface area contributed by atoms with Gasteiger partial charge in [-0.2, -0.15) is 11.8 Å². The number of carbonyl (C=O) groups excluding carboxylic acids is 1. The van der Waals surface area contributed by atoms with Crippen molar-refractivity contribution in [3.63, 3.8) is 0 Å². The van der Waals surface area contributed by atoms with E-state index in [4.69, 9.17) is 11.6 Å². The van der Waals surface area contributed by atoms with Crippen molar-refractivity contribution in [2.24, 2.45) is 0 Å². The summed E-state index contributed by atoms with van der Waals surface area (Å²) in [6.45, 7) is 3.56.